The van der Waals surface area contributed by atoms with Gasteiger partial charge in [-0.1, -0.05) is 0 Å². The van der Waals surface area contributed by atoms with Crippen molar-refractivity contribution in [1.29, 1.82) is 0 Å². The van der Waals surface area contributed by atoms with E-state index in [1.54, 1.807) is 5.30 Å². The van der Waals surface area contributed by atoms with Crippen LogP contribution in [0.25, 0.3) is 10.8 Å². The van der Waals surface area contributed by atoms with Gasteiger partial charge in [0.05, 0.1) is 0 Å². The molecule has 92 valence electrons. The van der Waals surface area contributed by atoms with Gasteiger partial charge in [0.15, 0.2) is 0 Å². The Morgan fingerprint density at radius 2 is 1.35 bits per heavy atom. The second-order valence-corrected chi connectivity index (χ2v) is 10.1. The summed E-state index contributed by atoms with van der Waals surface area (Å²) in [6.45, 7) is 7.13. The Bertz CT molecular complexity index is 484. The van der Waals surface area contributed by atoms with E-state index in [1.165, 1.54) is 29.3 Å². The van der Waals surface area contributed by atoms with Crippen molar-refractivity contribution < 1.29 is 0 Å². The van der Waals surface area contributed by atoms with Crippen molar-refractivity contribution in [2.75, 3.05) is 18.5 Å². The molecule has 2 rings (SSSR count). The van der Waals surface area contributed by atoms with Crippen molar-refractivity contribution in [3.05, 3.63) is 42.5 Å². The molecule has 0 aliphatic heterocycles. The maximum atomic E-state index is 2.38. The van der Waals surface area contributed by atoms with E-state index in [2.05, 4.69) is 63.2 Å². The quantitative estimate of drug-likeness (QED) is 0.706. The molecule has 2 aromatic carbocycles. The zero-order chi connectivity index (χ0) is 12.3. The third kappa shape index (κ3) is 2.11. The Hall–Kier alpha value is -0.870. The molecule has 0 atom stereocenters. The number of rotatable bonds is 4. The van der Waals surface area contributed by atoms with E-state index in [9.17, 15) is 0 Å². The summed E-state index contributed by atoms with van der Waals surface area (Å²) in [6.07, 6.45) is 4.07. The van der Waals surface area contributed by atoms with Gasteiger partial charge in [-0.2, -0.15) is 0 Å². The van der Waals surface area contributed by atoms with Crippen LogP contribution in [0.2, 0.25) is 0 Å². The summed E-state index contributed by atoms with van der Waals surface area (Å²) in [6, 6.07) is 15.7. The molecule has 0 amide bonds. The normalized spacial score (nSPS) is 12.9. The molecule has 0 N–H and O–H groups in total. The molecule has 0 aliphatic rings. The maximum absolute atomic E-state index is 2.38. The van der Waals surface area contributed by atoms with Crippen molar-refractivity contribution in [3.8, 4) is 0 Å². The zero-order valence-electron chi connectivity index (χ0n) is 11.2. The van der Waals surface area contributed by atoms with Crippen LogP contribution < -0.4 is 5.30 Å². The first-order valence-corrected chi connectivity index (χ1v) is 9.37. The van der Waals surface area contributed by atoms with Crippen LogP contribution in [0.3, 0.4) is 0 Å². The average molecular weight is 246 g/mol. The van der Waals surface area contributed by atoms with Crippen LogP contribution in [0, 0.1) is 0 Å². The van der Waals surface area contributed by atoms with Gasteiger partial charge in [0.25, 0.3) is 0 Å². The van der Waals surface area contributed by atoms with Crippen LogP contribution in [0.4, 0.5) is 0 Å². The van der Waals surface area contributed by atoms with Gasteiger partial charge in [-0.05, 0) is 0 Å². The predicted molar refractivity (Wildman–Crippen MR) is 83.5 cm³/mol. The summed E-state index contributed by atoms with van der Waals surface area (Å²) in [5.74, 6) is 0. The van der Waals surface area contributed by atoms with Crippen LogP contribution in [-0.2, 0) is 0 Å². The third-order valence-electron chi connectivity index (χ3n) is 4.39. The molecule has 0 aromatic heterocycles. The summed E-state index contributed by atoms with van der Waals surface area (Å²) in [7, 11) is -1.26. The fourth-order valence-electron chi connectivity index (χ4n) is 3.01. The molecule has 0 spiro atoms. The molecule has 0 heterocycles. The Kier molecular flexibility index (Phi) is 3.84. The summed E-state index contributed by atoms with van der Waals surface area (Å²) >= 11 is 0. The Balaban J connectivity index is 2.69. The summed E-state index contributed by atoms with van der Waals surface area (Å²) in [5, 5.41) is 4.56. The van der Waals surface area contributed by atoms with Crippen molar-refractivity contribution in [2.24, 2.45) is 0 Å². The van der Waals surface area contributed by atoms with Crippen LogP contribution in [0.1, 0.15) is 20.8 Å². The number of hydrogen-bond donors (Lipinski definition) is 0. The van der Waals surface area contributed by atoms with E-state index in [-0.39, 0.29) is 0 Å². The molecular formula is C16H23P. The van der Waals surface area contributed by atoms with Crippen LogP contribution in [0.15, 0.2) is 42.5 Å². The van der Waals surface area contributed by atoms with Gasteiger partial charge in [-0.25, -0.2) is 0 Å². The van der Waals surface area contributed by atoms with E-state index >= 15 is 0 Å². The van der Waals surface area contributed by atoms with E-state index in [1.807, 2.05) is 0 Å². The molecule has 17 heavy (non-hydrogen) atoms. The molecule has 0 unspecified atom stereocenters. The fraction of sp³-hybridized carbons (Fsp3) is 0.375. The van der Waals surface area contributed by atoms with Crippen molar-refractivity contribution in [1.82, 2.24) is 0 Å². The minimum absolute atomic E-state index is 1.26. The molecule has 0 saturated heterocycles. The third-order valence-corrected chi connectivity index (χ3v) is 10.0. The minimum atomic E-state index is -1.26. The molecule has 0 radical (unpaired) electrons. The predicted octanol–water partition coefficient (Wildman–Crippen LogP) is 4.27. The summed E-state index contributed by atoms with van der Waals surface area (Å²) < 4.78 is 0. The van der Waals surface area contributed by atoms with Gasteiger partial charge in [0.1, 0.15) is 0 Å². The Morgan fingerprint density at radius 1 is 0.765 bits per heavy atom. The van der Waals surface area contributed by atoms with Gasteiger partial charge in [-0.3, -0.25) is 0 Å². The van der Waals surface area contributed by atoms with E-state index in [4.69, 9.17) is 0 Å². The van der Waals surface area contributed by atoms with Gasteiger partial charge in [0, 0.05) is 0 Å². The fourth-order valence-corrected chi connectivity index (χ4v) is 6.90. The topological polar surface area (TPSA) is 0 Å². The molecular weight excluding hydrogens is 223 g/mol. The zero-order valence-corrected chi connectivity index (χ0v) is 12.2. The van der Waals surface area contributed by atoms with Gasteiger partial charge >= 0.3 is 105 Å². The molecule has 0 fully saturated rings. The van der Waals surface area contributed by atoms with Crippen molar-refractivity contribution in [2.45, 2.75) is 20.8 Å². The average Bonchev–Trinajstić information content (AvgIpc) is 2.41. The summed E-state index contributed by atoms with van der Waals surface area (Å²) in [5.41, 5.74) is 0. The van der Waals surface area contributed by atoms with E-state index in [0.29, 0.717) is 0 Å². The number of fused-ring (bicyclic) bond motifs is 1. The van der Waals surface area contributed by atoms with Crippen LogP contribution in [-0.4, -0.2) is 18.5 Å². The van der Waals surface area contributed by atoms with Crippen molar-refractivity contribution in [3.63, 3.8) is 0 Å². The van der Waals surface area contributed by atoms with Crippen molar-refractivity contribution >= 4 is 23.3 Å². The summed E-state index contributed by atoms with van der Waals surface area (Å²) in [4.78, 5) is 0. The molecule has 0 aliphatic carbocycles. The first-order chi connectivity index (χ1) is 8.27. The van der Waals surface area contributed by atoms with E-state index in [0.717, 1.165) is 0 Å². The molecule has 0 bridgehead atoms. The first-order valence-electron chi connectivity index (χ1n) is 6.75. The molecule has 0 nitrogen and oxygen atoms in total. The standard InChI is InChI=1S/C16H23P/c1-4-17(5-2,6-3)16-13-9-11-14-10-7-8-12-15(14)16/h7-13,17H,4-6H2,1-3H3. The number of hydrogen-bond acceptors (Lipinski definition) is 0. The van der Waals surface area contributed by atoms with Gasteiger partial charge in [-0.15, -0.1) is 0 Å². The number of benzene rings is 2. The monoisotopic (exact) mass is 246 g/mol. The van der Waals surface area contributed by atoms with Crippen LogP contribution in [0.5, 0.6) is 0 Å². The van der Waals surface area contributed by atoms with Crippen LogP contribution >= 0.6 is 7.26 Å². The van der Waals surface area contributed by atoms with Gasteiger partial charge < -0.3 is 0 Å². The second kappa shape index (κ2) is 5.19. The molecule has 0 saturated carbocycles. The SMILES string of the molecule is CC[PH](CC)(CC)c1cccc2ccccc12. The first kappa shape index (κ1) is 12.6. The second-order valence-electron chi connectivity index (χ2n) is 4.87. The van der Waals surface area contributed by atoms with E-state index < -0.39 is 7.26 Å². The molecule has 2 aromatic rings. The van der Waals surface area contributed by atoms with Gasteiger partial charge in [0.2, 0.25) is 0 Å². The Morgan fingerprint density at radius 3 is 2.00 bits per heavy atom. The Labute approximate surface area is 105 Å². The molecule has 1 heteroatoms.